The van der Waals surface area contributed by atoms with Crippen LogP contribution in [-0.4, -0.2) is 28.9 Å². The number of amides is 1. The Morgan fingerprint density at radius 2 is 2.19 bits per heavy atom. The number of nitrogens with zero attached hydrogens (tertiary/aromatic N) is 2. The van der Waals surface area contributed by atoms with Crippen LogP contribution in [0, 0.1) is 0 Å². The van der Waals surface area contributed by atoms with Crippen molar-refractivity contribution in [2.75, 3.05) is 18.4 Å². The van der Waals surface area contributed by atoms with Crippen LogP contribution >= 0.6 is 11.3 Å². The van der Waals surface area contributed by atoms with Gasteiger partial charge in [0, 0.05) is 30.0 Å². The average molecular weight is 301 g/mol. The minimum atomic E-state index is -0.0906. The summed E-state index contributed by atoms with van der Waals surface area (Å²) in [5.41, 5.74) is 1.81. The quantitative estimate of drug-likeness (QED) is 0.943. The molecule has 1 aliphatic rings. The molecule has 4 nitrogen and oxygen atoms in total. The van der Waals surface area contributed by atoms with Crippen LogP contribution in [0.5, 0.6) is 0 Å². The number of aromatic nitrogens is 1. The topological polar surface area (TPSA) is 45.2 Å². The molecule has 0 bridgehead atoms. The summed E-state index contributed by atoms with van der Waals surface area (Å²) < 4.78 is 0. The number of nitrogens with one attached hydrogen (secondary N) is 1. The lowest BCUT2D eigenvalue weighted by Gasteiger charge is -2.24. The van der Waals surface area contributed by atoms with Crippen molar-refractivity contribution in [2.45, 2.75) is 26.3 Å². The molecule has 0 radical (unpaired) electrons. The van der Waals surface area contributed by atoms with Gasteiger partial charge < -0.3 is 0 Å². The Bertz CT molecular complexity index is 624. The van der Waals surface area contributed by atoms with Gasteiger partial charge in [0.2, 0.25) is 0 Å². The SMILES string of the molecule is CCCN1CCc2nc(NC(=O)c3ccccc3)sc2C1. The highest BCUT2D eigenvalue weighted by Crippen LogP contribution is 2.28. The molecule has 1 N–H and O–H groups in total. The number of carbonyl (C=O) groups excluding carboxylic acids is 1. The van der Waals surface area contributed by atoms with Gasteiger partial charge in [-0.2, -0.15) is 0 Å². The van der Waals surface area contributed by atoms with Crippen LogP contribution in [0.4, 0.5) is 5.13 Å². The van der Waals surface area contributed by atoms with Gasteiger partial charge in [-0.1, -0.05) is 25.1 Å². The third-order valence-corrected chi connectivity index (χ3v) is 4.60. The second-order valence-electron chi connectivity index (χ2n) is 5.24. The van der Waals surface area contributed by atoms with Crippen molar-refractivity contribution in [3.05, 3.63) is 46.5 Å². The normalized spacial score (nSPS) is 14.7. The van der Waals surface area contributed by atoms with Crippen LogP contribution in [0.2, 0.25) is 0 Å². The lowest BCUT2D eigenvalue weighted by molar-refractivity contribution is 0.102. The summed E-state index contributed by atoms with van der Waals surface area (Å²) in [6.07, 6.45) is 2.15. The van der Waals surface area contributed by atoms with Crippen LogP contribution in [0.3, 0.4) is 0 Å². The van der Waals surface area contributed by atoms with Crippen LogP contribution in [-0.2, 0) is 13.0 Å². The molecule has 21 heavy (non-hydrogen) atoms. The van der Waals surface area contributed by atoms with Gasteiger partial charge in [0.1, 0.15) is 0 Å². The lowest BCUT2D eigenvalue weighted by atomic mass is 10.2. The van der Waals surface area contributed by atoms with E-state index >= 15 is 0 Å². The Kier molecular flexibility index (Phi) is 4.31. The van der Waals surface area contributed by atoms with E-state index in [1.54, 1.807) is 11.3 Å². The van der Waals surface area contributed by atoms with Crippen molar-refractivity contribution in [2.24, 2.45) is 0 Å². The zero-order chi connectivity index (χ0) is 14.7. The first kappa shape index (κ1) is 14.2. The molecule has 0 saturated heterocycles. The second kappa shape index (κ2) is 6.37. The van der Waals surface area contributed by atoms with E-state index in [-0.39, 0.29) is 5.91 Å². The molecular formula is C16H19N3OS. The molecular weight excluding hydrogens is 282 g/mol. The maximum Gasteiger partial charge on any atom is 0.257 e. The summed E-state index contributed by atoms with van der Waals surface area (Å²) in [4.78, 5) is 20.4. The van der Waals surface area contributed by atoms with E-state index in [4.69, 9.17) is 0 Å². The molecule has 1 aliphatic heterocycles. The van der Waals surface area contributed by atoms with Crippen molar-refractivity contribution in [1.29, 1.82) is 0 Å². The van der Waals surface area contributed by atoms with Crippen molar-refractivity contribution in [3.8, 4) is 0 Å². The number of thiazole rings is 1. The molecule has 5 heteroatoms. The summed E-state index contributed by atoms with van der Waals surface area (Å²) in [5.74, 6) is -0.0906. The number of hydrogen-bond donors (Lipinski definition) is 1. The van der Waals surface area contributed by atoms with E-state index in [9.17, 15) is 4.79 Å². The fourth-order valence-electron chi connectivity index (χ4n) is 2.57. The van der Waals surface area contributed by atoms with E-state index in [2.05, 4.69) is 22.1 Å². The van der Waals surface area contributed by atoms with Crippen molar-refractivity contribution in [3.63, 3.8) is 0 Å². The molecule has 0 unspecified atom stereocenters. The van der Waals surface area contributed by atoms with Crippen LogP contribution in [0.15, 0.2) is 30.3 Å². The van der Waals surface area contributed by atoms with E-state index in [1.807, 2.05) is 30.3 Å². The highest BCUT2D eigenvalue weighted by molar-refractivity contribution is 7.15. The van der Waals surface area contributed by atoms with E-state index in [0.717, 1.165) is 31.7 Å². The molecule has 2 aromatic rings. The summed E-state index contributed by atoms with van der Waals surface area (Å²) in [7, 11) is 0. The first-order valence-corrected chi connectivity index (χ1v) is 8.15. The number of fused-ring (bicyclic) bond motifs is 1. The summed E-state index contributed by atoms with van der Waals surface area (Å²) in [5, 5.41) is 3.63. The number of anilines is 1. The van der Waals surface area contributed by atoms with E-state index < -0.39 is 0 Å². The fraction of sp³-hybridized carbons (Fsp3) is 0.375. The van der Waals surface area contributed by atoms with Gasteiger partial charge in [-0.05, 0) is 25.1 Å². The number of carbonyl (C=O) groups is 1. The summed E-state index contributed by atoms with van der Waals surface area (Å²) in [6.45, 7) is 5.36. The van der Waals surface area contributed by atoms with Gasteiger partial charge in [0.25, 0.3) is 5.91 Å². The second-order valence-corrected chi connectivity index (χ2v) is 6.32. The van der Waals surface area contributed by atoms with E-state index in [1.165, 1.54) is 11.3 Å². The maximum absolute atomic E-state index is 12.1. The molecule has 1 amide bonds. The van der Waals surface area contributed by atoms with Crippen LogP contribution < -0.4 is 5.32 Å². The van der Waals surface area contributed by atoms with Gasteiger partial charge in [-0.15, -0.1) is 11.3 Å². The molecule has 0 atom stereocenters. The fourth-order valence-corrected chi connectivity index (χ4v) is 3.61. The molecule has 0 fully saturated rings. The van der Waals surface area contributed by atoms with Crippen molar-refractivity contribution >= 4 is 22.4 Å². The van der Waals surface area contributed by atoms with Gasteiger partial charge in [0.05, 0.1) is 5.69 Å². The van der Waals surface area contributed by atoms with Crippen LogP contribution in [0.1, 0.15) is 34.3 Å². The first-order chi connectivity index (χ1) is 10.3. The molecule has 0 spiro atoms. The van der Waals surface area contributed by atoms with E-state index in [0.29, 0.717) is 10.7 Å². The van der Waals surface area contributed by atoms with Crippen molar-refractivity contribution in [1.82, 2.24) is 9.88 Å². The molecule has 1 aromatic carbocycles. The third-order valence-electron chi connectivity index (χ3n) is 3.61. The van der Waals surface area contributed by atoms with Crippen molar-refractivity contribution < 1.29 is 4.79 Å². The van der Waals surface area contributed by atoms with Gasteiger partial charge >= 0.3 is 0 Å². The molecule has 0 saturated carbocycles. The largest absolute Gasteiger partial charge is 0.298 e. The lowest BCUT2D eigenvalue weighted by Crippen LogP contribution is -2.30. The zero-order valence-corrected chi connectivity index (χ0v) is 12.9. The Balaban J connectivity index is 1.70. The van der Waals surface area contributed by atoms with Gasteiger partial charge in [0.15, 0.2) is 5.13 Å². The Morgan fingerprint density at radius 1 is 1.38 bits per heavy atom. The monoisotopic (exact) mass is 301 g/mol. The number of benzene rings is 1. The highest BCUT2D eigenvalue weighted by Gasteiger charge is 2.20. The first-order valence-electron chi connectivity index (χ1n) is 7.33. The Hall–Kier alpha value is -1.72. The predicted molar refractivity (Wildman–Crippen MR) is 85.8 cm³/mol. The molecule has 0 aliphatic carbocycles. The molecule has 1 aromatic heterocycles. The molecule has 110 valence electrons. The Labute approximate surface area is 128 Å². The molecule has 2 heterocycles. The maximum atomic E-state index is 12.1. The summed E-state index contributed by atoms with van der Waals surface area (Å²) in [6, 6.07) is 9.26. The van der Waals surface area contributed by atoms with Gasteiger partial charge in [-0.25, -0.2) is 4.98 Å². The minimum Gasteiger partial charge on any atom is -0.298 e. The molecule has 3 rings (SSSR count). The zero-order valence-electron chi connectivity index (χ0n) is 12.1. The minimum absolute atomic E-state index is 0.0906. The predicted octanol–water partition coefficient (Wildman–Crippen LogP) is 3.16. The third kappa shape index (κ3) is 3.31. The standard InChI is InChI=1S/C16H19N3OS/c1-2-9-19-10-8-13-14(11-19)21-16(17-13)18-15(20)12-6-4-3-5-7-12/h3-7H,2,8-11H2,1H3,(H,17,18,20). The van der Waals surface area contributed by atoms with Crippen LogP contribution in [0.25, 0.3) is 0 Å². The number of hydrogen-bond acceptors (Lipinski definition) is 4. The average Bonchev–Trinajstić information content (AvgIpc) is 2.90. The number of rotatable bonds is 4. The highest BCUT2D eigenvalue weighted by atomic mass is 32.1. The van der Waals surface area contributed by atoms with Gasteiger partial charge in [-0.3, -0.25) is 15.0 Å². The Morgan fingerprint density at radius 3 is 2.95 bits per heavy atom. The summed E-state index contributed by atoms with van der Waals surface area (Å²) >= 11 is 1.60. The smallest absolute Gasteiger partial charge is 0.257 e.